The van der Waals surface area contributed by atoms with E-state index in [4.69, 9.17) is 11.6 Å². The molecule has 0 saturated heterocycles. The summed E-state index contributed by atoms with van der Waals surface area (Å²) < 4.78 is 6.64. The quantitative estimate of drug-likeness (QED) is 0.619. The lowest BCUT2D eigenvalue weighted by molar-refractivity contribution is 0.315. The fourth-order valence-electron chi connectivity index (χ4n) is 4.52. The van der Waals surface area contributed by atoms with Gasteiger partial charge < -0.3 is 0 Å². The molecule has 1 aromatic carbocycles. The van der Waals surface area contributed by atoms with Gasteiger partial charge in [-0.25, -0.2) is 4.98 Å². The molecule has 0 amide bonds. The number of nitrogens with zero attached hydrogens (tertiary/aromatic N) is 6. The highest BCUT2D eigenvalue weighted by Crippen LogP contribution is 2.41. The molecule has 2 aliphatic rings. The summed E-state index contributed by atoms with van der Waals surface area (Å²) in [6, 6.07) is 6.15. The Morgan fingerprint density at radius 2 is 1.86 bits per heavy atom. The Hall–Kier alpha value is -1.83. The summed E-state index contributed by atoms with van der Waals surface area (Å²) in [6.45, 7) is 3.62. The van der Waals surface area contributed by atoms with Crippen LogP contribution in [0.2, 0.25) is 5.02 Å². The minimum absolute atomic E-state index is 0.429. The first-order chi connectivity index (χ1) is 13.6. The lowest BCUT2D eigenvalue weighted by Crippen LogP contribution is -2.17. The number of halogens is 1. The molecule has 3 heterocycles. The summed E-state index contributed by atoms with van der Waals surface area (Å²) in [7, 11) is 2.12. The first-order valence-electron chi connectivity index (χ1n) is 9.80. The Morgan fingerprint density at radius 1 is 1.07 bits per heavy atom. The van der Waals surface area contributed by atoms with Crippen molar-refractivity contribution in [3.8, 4) is 5.69 Å². The van der Waals surface area contributed by atoms with Gasteiger partial charge in [-0.1, -0.05) is 11.6 Å². The van der Waals surface area contributed by atoms with Crippen LogP contribution in [-0.2, 0) is 13.1 Å². The van der Waals surface area contributed by atoms with Crippen LogP contribution in [0.5, 0.6) is 0 Å². The largest absolute Gasteiger partial charge is 0.295 e. The number of aromatic nitrogens is 5. The maximum absolute atomic E-state index is 6.27. The molecule has 1 aliphatic carbocycles. The van der Waals surface area contributed by atoms with Gasteiger partial charge in [-0.2, -0.15) is 4.37 Å². The molecule has 0 bridgehead atoms. The first-order valence-corrected chi connectivity index (χ1v) is 11.0. The van der Waals surface area contributed by atoms with E-state index in [1.807, 2.05) is 13.0 Å². The van der Waals surface area contributed by atoms with Crippen LogP contribution in [0.1, 0.15) is 65.6 Å². The predicted octanol–water partition coefficient (Wildman–Crippen LogP) is 4.47. The van der Waals surface area contributed by atoms with E-state index in [9.17, 15) is 0 Å². The number of rotatable bonds is 2. The van der Waals surface area contributed by atoms with E-state index in [1.54, 1.807) is 11.5 Å². The Balaban J connectivity index is 1.45. The van der Waals surface area contributed by atoms with E-state index < -0.39 is 0 Å². The average Bonchev–Trinajstić information content (AvgIpc) is 3.25. The van der Waals surface area contributed by atoms with E-state index in [0.29, 0.717) is 11.8 Å². The Morgan fingerprint density at radius 3 is 2.61 bits per heavy atom. The van der Waals surface area contributed by atoms with E-state index in [2.05, 4.69) is 48.2 Å². The second-order valence-corrected chi connectivity index (χ2v) is 9.20. The van der Waals surface area contributed by atoms with Crippen LogP contribution in [0.3, 0.4) is 0 Å². The molecular formula is C20H23ClN6S. The molecule has 0 N–H and O–H groups in total. The topological polar surface area (TPSA) is 59.7 Å². The smallest absolute Gasteiger partial charge is 0.151 e. The van der Waals surface area contributed by atoms with Gasteiger partial charge in [-0.05, 0) is 74.9 Å². The zero-order valence-electron chi connectivity index (χ0n) is 16.1. The minimum atomic E-state index is 0.429. The molecule has 28 heavy (non-hydrogen) atoms. The monoisotopic (exact) mass is 414 g/mol. The molecule has 1 fully saturated rings. The molecular weight excluding hydrogens is 392 g/mol. The Bertz CT molecular complexity index is 1000. The molecule has 6 nitrogen and oxygen atoms in total. The van der Waals surface area contributed by atoms with Crippen LogP contribution in [-0.4, -0.2) is 36.1 Å². The summed E-state index contributed by atoms with van der Waals surface area (Å²) in [5.41, 5.74) is 2.40. The normalized spacial score (nSPS) is 22.5. The van der Waals surface area contributed by atoms with Crippen LogP contribution < -0.4 is 0 Å². The maximum atomic E-state index is 6.27. The molecule has 0 atom stereocenters. The molecule has 0 radical (unpaired) electrons. The van der Waals surface area contributed by atoms with E-state index in [-0.39, 0.29) is 0 Å². The van der Waals surface area contributed by atoms with Crippen molar-refractivity contribution in [2.45, 2.75) is 57.5 Å². The van der Waals surface area contributed by atoms with Crippen LogP contribution in [0, 0.1) is 6.92 Å². The number of hydrogen-bond donors (Lipinski definition) is 0. The molecule has 2 aromatic heterocycles. The van der Waals surface area contributed by atoms with Crippen molar-refractivity contribution >= 4 is 23.1 Å². The van der Waals surface area contributed by atoms with Crippen molar-refractivity contribution in [3.05, 3.63) is 51.3 Å². The lowest BCUT2D eigenvalue weighted by Gasteiger charge is -2.27. The highest BCUT2D eigenvalue weighted by molar-refractivity contribution is 7.05. The fraction of sp³-hybridized carbons (Fsp3) is 0.500. The predicted molar refractivity (Wildman–Crippen MR) is 110 cm³/mol. The molecule has 1 saturated carbocycles. The van der Waals surface area contributed by atoms with Crippen molar-refractivity contribution in [2.24, 2.45) is 0 Å². The van der Waals surface area contributed by atoms with Crippen molar-refractivity contribution in [3.63, 3.8) is 0 Å². The summed E-state index contributed by atoms with van der Waals surface area (Å²) >= 11 is 7.83. The third kappa shape index (κ3) is 3.25. The van der Waals surface area contributed by atoms with Gasteiger partial charge in [-0.3, -0.25) is 9.47 Å². The van der Waals surface area contributed by atoms with Crippen molar-refractivity contribution < 1.29 is 0 Å². The van der Waals surface area contributed by atoms with E-state index in [1.165, 1.54) is 16.3 Å². The lowest BCUT2D eigenvalue weighted by atomic mass is 9.82. The van der Waals surface area contributed by atoms with Gasteiger partial charge in [0, 0.05) is 23.4 Å². The summed E-state index contributed by atoms with van der Waals surface area (Å²) in [5.74, 6) is 3.97. The Labute approximate surface area is 173 Å². The molecule has 3 aromatic rings. The standard InChI is InChI=1S/C20H23ClN6S/c1-12-22-20(28-25-12)14-5-3-13(4-6-14)19-24-23-18-11-26(2)10-15-9-16(21)7-8-17(15)27(18)19/h7-9,13-14H,3-6,10-11H2,1-2H3. The van der Waals surface area contributed by atoms with Crippen molar-refractivity contribution in [2.75, 3.05) is 7.05 Å². The summed E-state index contributed by atoms with van der Waals surface area (Å²) in [6.07, 6.45) is 4.49. The van der Waals surface area contributed by atoms with Gasteiger partial charge >= 0.3 is 0 Å². The number of benzene rings is 1. The van der Waals surface area contributed by atoms with Crippen molar-refractivity contribution in [1.29, 1.82) is 0 Å². The second kappa shape index (κ2) is 7.21. The fourth-order valence-corrected chi connectivity index (χ4v) is 5.54. The highest BCUT2D eigenvalue weighted by Gasteiger charge is 2.31. The zero-order valence-corrected chi connectivity index (χ0v) is 17.7. The zero-order chi connectivity index (χ0) is 19.3. The van der Waals surface area contributed by atoms with Gasteiger partial charge in [0.05, 0.1) is 12.2 Å². The third-order valence-corrected chi connectivity index (χ3v) is 7.08. The van der Waals surface area contributed by atoms with Crippen LogP contribution in [0.15, 0.2) is 18.2 Å². The summed E-state index contributed by atoms with van der Waals surface area (Å²) in [4.78, 5) is 6.87. The Kier molecular flexibility index (Phi) is 4.69. The minimum Gasteiger partial charge on any atom is -0.295 e. The van der Waals surface area contributed by atoms with Gasteiger partial charge in [0.2, 0.25) is 0 Å². The van der Waals surface area contributed by atoms with E-state index in [0.717, 1.165) is 61.3 Å². The molecule has 0 unspecified atom stereocenters. The highest BCUT2D eigenvalue weighted by atomic mass is 35.5. The molecule has 5 rings (SSSR count). The summed E-state index contributed by atoms with van der Waals surface area (Å²) in [5, 5.41) is 11.2. The number of hydrogen-bond acceptors (Lipinski definition) is 6. The van der Waals surface area contributed by atoms with Crippen molar-refractivity contribution in [1.82, 2.24) is 29.0 Å². The second-order valence-electron chi connectivity index (χ2n) is 7.98. The van der Waals surface area contributed by atoms with Crippen LogP contribution in [0.25, 0.3) is 5.69 Å². The number of aryl methyl sites for hydroxylation is 1. The van der Waals surface area contributed by atoms with Gasteiger partial charge in [0.15, 0.2) is 5.82 Å². The van der Waals surface area contributed by atoms with E-state index >= 15 is 0 Å². The number of fused-ring (bicyclic) bond motifs is 3. The van der Waals surface area contributed by atoms with Gasteiger partial charge in [0.25, 0.3) is 0 Å². The van der Waals surface area contributed by atoms with Gasteiger partial charge in [-0.15, -0.1) is 10.2 Å². The SMILES string of the molecule is Cc1nsc(C2CCC(c3nnc4n3-c3ccc(Cl)cc3CN(C)C4)CC2)n1. The van der Waals surface area contributed by atoms with Gasteiger partial charge in [0.1, 0.15) is 16.7 Å². The maximum Gasteiger partial charge on any atom is 0.151 e. The third-order valence-electron chi connectivity index (χ3n) is 5.87. The molecule has 146 valence electrons. The van der Waals surface area contributed by atoms with Crippen LogP contribution in [0.4, 0.5) is 0 Å². The first kappa shape index (κ1) is 18.2. The molecule has 1 aliphatic heterocycles. The molecule has 0 spiro atoms. The molecule has 8 heteroatoms. The van der Waals surface area contributed by atoms with Crippen LogP contribution >= 0.6 is 23.1 Å². The average molecular weight is 415 g/mol.